The third kappa shape index (κ3) is 5.42. The molecular weight excluding hydrogens is 314 g/mol. The first-order chi connectivity index (χ1) is 10.9. The molecule has 124 valence electrons. The zero-order valence-electron chi connectivity index (χ0n) is 13.5. The smallest absolute Gasteiger partial charge is 0.235 e. The van der Waals surface area contributed by atoms with Crippen LogP contribution in [0.5, 0.6) is 5.75 Å². The SMILES string of the molecule is CN(CCOc1cccc(Cl)c1)CC(=O)NC(C)(C#N)C1CC1. The minimum atomic E-state index is -0.741. The minimum absolute atomic E-state index is 0.133. The van der Waals surface area contributed by atoms with Gasteiger partial charge in [-0.15, -0.1) is 0 Å². The van der Waals surface area contributed by atoms with E-state index in [1.54, 1.807) is 19.1 Å². The lowest BCUT2D eigenvalue weighted by Gasteiger charge is -2.24. The maximum Gasteiger partial charge on any atom is 0.235 e. The van der Waals surface area contributed by atoms with E-state index in [0.29, 0.717) is 23.9 Å². The van der Waals surface area contributed by atoms with Crippen molar-refractivity contribution in [2.45, 2.75) is 25.3 Å². The number of nitriles is 1. The highest BCUT2D eigenvalue weighted by Gasteiger charge is 2.42. The molecule has 6 heteroatoms. The Kier molecular flexibility index (Phi) is 5.86. The number of amides is 1. The van der Waals surface area contributed by atoms with Crippen LogP contribution in [0.1, 0.15) is 19.8 Å². The first-order valence-electron chi connectivity index (χ1n) is 7.72. The van der Waals surface area contributed by atoms with E-state index in [-0.39, 0.29) is 18.4 Å². The number of carbonyl (C=O) groups excluding carboxylic acids is 1. The fraction of sp³-hybridized carbons (Fsp3) is 0.529. The van der Waals surface area contributed by atoms with Gasteiger partial charge in [-0.3, -0.25) is 9.69 Å². The quantitative estimate of drug-likeness (QED) is 0.792. The summed E-state index contributed by atoms with van der Waals surface area (Å²) in [5.41, 5.74) is -0.741. The molecule has 5 nitrogen and oxygen atoms in total. The van der Waals surface area contributed by atoms with Gasteiger partial charge in [0.1, 0.15) is 17.9 Å². The van der Waals surface area contributed by atoms with Crippen LogP contribution >= 0.6 is 11.6 Å². The van der Waals surface area contributed by atoms with Crippen LogP contribution in [-0.4, -0.2) is 43.1 Å². The Morgan fingerprint density at radius 1 is 1.57 bits per heavy atom. The van der Waals surface area contributed by atoms with Crippen LogP contribution < -0.4 is 10.1 Å². The number of ether oxygens (including phenoxy) is 1. The molecule has 1 amide bonds. The van der Waals surface area contributed by atoms with Crippen molar-refractivity contribution in [3.8, 4) is 11.8 Å². The van der Waals surface area contributed by atoms with Crippen LogP contribution in [0.15, 0.2) is 24.3 Å². The lowest BCUT2D eigenvalue weighted by molar-refractivity contribution is -0.123. The van der Waals surface area contributed by atoms with Crippen LogP contribution in [0, 0.1) is 17.2 Å². The zero-order valence-corrected chi connectivity index (χ0v) is 14.3. The summed E-state index contributed by atoms with van der Waals surface area (Å²) in [6.07, 6.45) is 2.02. The Balaban J connectivity index is 1.71. The van der Waals surface area contributed by atoms with E-state index in [9.17, 15) is 10.1 Å². The Hall–Kier alpha value is -1.77. The molecule has 1 aromatic rings. The van der Waals surface area contributed by atoms with E-state index in [0.717, 1.165) is 12.8 Å². The predicted molar refractivity (Wildman–Crippen MR) is 89.3 cm³/mol. The third-order valence-corrected chi connectivity index (χ3v) is 4.21. The summed E-state index contributed by atoms with van der Waals surface area (Å²) in [5, 5.41) is 12.7. The van der Waals surface area contributed by atoms with Crippen LogP contribution in [0.2, 0.25) is 5.02 Å². The molecule has 0 spiro atoms. The number of nitrogens with zero attached hydrogens (tertiary/aromatic N) is 2. The standard InChI is InChI=1S/C17H22ClN3O2/c1-17(12-19,13-6-7-13)20-16(22)11-21(2)8-9-23-15-5-3-4-14(18)10-15/h3-5,10,13H,6-9,11H2,1-2H3,(H,20,22). The highest BCUT2D eigenvalue weighted by molar-refractivity contribution is 6.30. The summed E-state index contributed by atoms with van der Waals surface area (Å²) >= 11 is 5.89. The van der Waals surface area contributed by atoms with Crippen molar-refractivity contribution in [2.75, 3.05) is 26.7 Å². The maximum atomic E-state index is 12.1. The Morgan fingerprint density at radius 3 is 2.91 bits per heavy atom. The molecule has 0 radical (unpaired) electrons. The molecule has 1 aromatic carbocycles. The molecule has 1 fully saturated rings. The molecule has 1 aliphatic carbocycles. The van der Waals surface area contributed by atoms with Crippen molar-refractivity contribution in [3.63, 3.8) is 0 Å². The number of halogens is 1. The number of hydrogen-bond acceptors (Lipinski definition) is 4. The van der Waals surface area contributed by atoms with Gasteiger partial charge in [-0.2, -0.15) is 5.26 Å². The molecule has 0 aromatic heterocycles. The monoisotopic (exact) mass is 335 g/mol. The topological polar surface area (TPSA) is 65.4 Å². The van der Waals surface area contributed by atoms with Gasteiger partial charge in [-0.05, 0) is 50.9 Å². The van der Waals surface area contributed by atoms with Gasteiger partial charge in [0.15, 0.2) is 0 Å². The minimum Gasteiger partial charge on any atom is -0.492 e. The van der Waals surface area contributed by atoms with Gasteiger partial charge in [0.2, 0.25) is 5.91 Å². The average molecular weight is 336 g/mol. The first-order valence-corrected chi connectivity index (χ1v) is 8.10. The van der Waals surface area contributed by atoms with Crippen LogP contribution in [0.4, 0.5) is 0 Å². The van der Waals surface area contributed by atoms with Gasteiger partial charge < -0.3 is 10.1 Å². The van der Waals surface area contributed by atoms with E-state index < -0.39 is 5.54 Å². The van der Waals surface area contributed by atoms with Gasteiger partial charge in [0.25, 0.3) is 0 Å². The van der Waals surface area contributed by atoms with Gasteiger partial charge in [0, 0.05) is 11.6 Å². The number of rotatable bonds is 8. The predicted octanol–water partition coefficient (Wildman–Crippen LogP) is 2.46. The molecule has 0 heterocycles. The fourth-order valence-corrected chi connectivity index (χ4v) is 2.59. The van der Waals surface area contributed by atoms with Crippen LogP contribution in [0.25, 0.3) is 0 Å². The normalized spacial score (nSPS) is 16.5. The first kappa shape index (κ1) is 17.6. The van der Waals surface area contributed by atoms with Crippen molar-refractivity contribution < 1.29 is 9.53 Å². The second kappa shape index (κ2) is 7.67. The molecule has 0 saturated heterocycles. The lowest BCUT2D eigenvalue weighted by Crippen LogP contribution is -2.50. The summed E-state index contributed by atoms with van der Waals surface area (Å²) in [5.74, 6) is 0.861. The molecular formula is C17H22ClN3O2. The van der Waals surface area contributed by atoms with E-state index in [1.165, 1.54) is 0 Å². The Bertz CT molecular complexity index is 598. The molecule has 0 bridgehead atoms. The van der Waals surface area contributed by atoms with E-state index in [4.69, 9.17) is 16.3 Å². The lowest BCUT2D eigenvalue weighted by atomic mass is 9.98. The van der Waals surface area contributed by atoms with Crippen molar-refractivity contribution in [2.24, 2.45) is 5.92 Å². The Labute approximate surface area is 142 Å². The third-order valence-electron chi connectivity index (χ3n) is 3.98. The molecule has 1 unspecified atom stereocenters. The van der Waals surface area contributed by atoms with Gasteiger partial charge >= 0.3 is 0 Å². The number of likely N-dealkylation sites (N-methyl/N-ethyl adjacent to an activating group) is 1. The van der Waals surface area contributed by atoms with E-state index in [1.807, 2.05) is 24.1 Å². The number of benzene rings is 1. The van der Waals surface area contributed by atoms with Crippen molar-refractivity contribution in [1.82, 2.24) is 10.2 Å². The summed E-state index contributed by atoms with van der Waals surface area (Å²) in [6, 6.07) is 9.44. The highest BCUT2D eigenvalue weighted by atomic mass is 35.5. The molecule has 1 atom stereocenters. The largest absolute Gasteiger partial charge is 0.492 e. The van der Waals surface area contributed by atoms with Crippen molar-refractivity contribution in [1.29, 1.82) is 5.26 Å². The molecule has 1 aliphatic rings. The molecule has 2 rings (SSSR count). The molecule has 1 saturated carbocycles. The average Bonchev–Trinajstić information content (AvgIpc) is 3.32. The van der Waals surface area contributed by atoms with Crippen molar-refractivity contribution in [3.05, 3.63) is 29.3 Å². The molecule has 23 heavy (non-hydrogen) atoms. The second-order valence-electron chi connectivity index (χ2n) is 6.18. The fourth-order valence-electron chi connectivity index (χ4n) is 2.41. The molecule has 0 aliphatic heterocycles. The number of nitrogens with one attached hydrogen (secondary N) is 1. The summed E-state index contributed by atoms with van der Waals surface area (Å²) in [4.78, 5) is 13.9. The summed E-state index contributed by atoms with van der Waals surface area (Å²) < 4.78 is 5.60. The summed E-state index contributed by atoms with van der Waals surface area (Å²) in [7, 11) is 1.85. The van der Waals surface area contributed by atoms with Gasteiger partial charge in [-0.25, -0.2) is 0 Å². The van der Waals surface area contributed by atoms with Gasteiger partial charge in [0.05, 0.1) is 12.6 Å². The van der Waals surface area contributed by atoms with Crippen LogP contribution in [-0.2, 0) is 4.79 Å². The van der Waals surface area contributed by atoms with Crippen molar-refractivity contribution >= 4 is 17.5 Å². The zero-order chi connectivity index (χ0) is 16.9. The maximum absolute atomic E-state index is 12.1. The van der Waals surface area contributed by atoms with E-state index >= 15 is 0 Å². The summed E-state index contributed by atoms with van der Waals surface area (Å²) in [6.45, 7) is 3.10. The van der Waals surface area contributed by atoms with Crippen LogP contribution in [0.3, 0.4) is 0 Å². The highest BCUT2D eigenvalue weighted by Crippen LogP contribution is 2.39. The Morgan fingerprint density at radius 2 is 2.30 bits per heavy atom. The number of carbonyl (C=O) groups is 1. The van der Waals surface area contributed by atoms with Gasteiger partial charge in [-0.1, -0.05) is 17.7 Å². The molecule has 1 N–H and O–H groups in total. The van der Waals surface area contributed by atoms with E-state index in [2.05, 4.69) is 11.4 Å². The number of hydrogen-bond donors (Lipinski definition) is 1. The second-order valence-corrected chi connectivity index (χ2v) is 6.62.